The van der Waals surface area contributed by atoms with E-state index < -0.39 is 0 Å². The van der Waals surface area contributed by atoms with E-state index in [1.165, 1.54) is 0 Å². The van der Waals surface area contributed by atoms with Crippen LogP contribution in [0.5, 0.6) is 0 Å². The number of rotatable bonds is 3. The van der Waals surface area contributed by atoms with Crippen LogP contribution in [0.4, 0.5) is 5.82 Å². The second-order valence-corrected chi connectivity index (χ2v) is 6.61. The lowest BCUT2D eigenvalue weighted by Crippen LogP contribution is -2.38. The predicted octanol–water partition coefficient (Wildman–Crippen LogP) is 1.99. The summed E-state index contributed by atoms with van der Waals surface area (Å²) in [6, 6.07) is 5.98. The van der Waals surface area contributed by atoms with Crippen LogP contribution in [0, 0.1) is 16.7 Å². The lowest BCUT2D eigenvalue weighted by atomic mass is 10.0. The molecule has 1 aliphatic carbocycles. The van der Waals surface area contributed by atoms with Gasteiger partial charge in [-0.05, 0) is 40.3 Å². The average molecular weight is 335 g/mol. The number of halogens is 1. The van der Waals surface area contributed by atoms with Crippen molar-refractivity contribution in [3.05, 3.63) is 22.3 Å². The van der Waals surface area contributed by atoms with Crippen molar-refractivity contribution in [2.24, 2.45) is 5.41 Å². The van der Waals surface area contributed by atoms with Crippen molar-refractivity contribution in [2.75, 3.05) is 5.32 Å². The summed E-state index contributed by atoms with van der Waals surface area (Å²) in [6.45, 7) is 2.20. The van der Waals surface area contributed by atoms with Gasteiger partial charge in [-0.25, -0.2) is 4.98 Å². The summed E-state index contributed by atoms with van der Waals surface area (Å²) in [4.78, 5) is 16.5. The molecule has 0 aromatic carbocycles. The van der Waals surface area contributed by atoms with Gasteiger partial charge in [-0.3, -0.25) is 4.79 Å². The molecule has 1 aliphatic heterocycles. The van der Waals surface area contributed by atoms with Gasteiger partial charge in [-0.2, -0.15) is 5.26 Å². The Labute approximate surface area is 125 Å². The molecule has 0 bridgehead atoms. The molecule has 1 amide bonds. The maximum atomic E-state index is 12.3. The van der Waals surface area contributed by atoms with E-state index in [1.807, 2.05) is 0 Å². The van der Waals surface area contributed by atoms with Crippen LogP contribution in [-0.2, 0) is 11.2 Å². The molecule has 1 aromatic heterocycles. The second-order valence-electron chi connectivity index (χ2n) is 5.80. The van der Waals surface area contributed by atoms with E-state index >= 15 is 0 Å². The third kappa shape index (κ3) is 2.43. The maximum absolute atomic E-state index is 12.3. The number of hydrogen-bond donors (Lipinski definition) is 2. The van der Waals surface area contributed by atoms with E-state index in [0.29, 0.717) is 21.9 Å². The van der Waals surface area contributed by atoms with Gasteiger partial charge in [0.2, 0.25) is 5.91 Å². The van der Waals surface area contributed by atoms with Gasteiger partial charge in [0.05, 0.1) is 18.5 Å². The average Bonchev–Trinajstić information content (AvgIpc) is 2.91. The molecule has 1 aromatic rings. The summed E-state index contributed by atoms with van der Waals surface area (Å²) in [5.74, 6) is 0.404. The fourth-order valence-electron chi connectivity index (χ4n) is 2.83. The molecule has 2 heterocycles. The Bertz CT molecular complexity index is 612. The van der Waals surface area contributed by atoms with Gasteiger partial charge in [0.25, 0.3) is 0 Å². The molecular formula is C14H15BrN4O. The van der Waals surface area contributed by atoms with Crippen molar-refractivity contribution in [3.8, 4) is 6.07 Å². The monoisotopic (exact) mass is 334 g/mol. The van der Waals surface area contributed by atoms with Crippen LogP contribution in [0.3, 0.4) is 0 Å². The Morgan fingerprint density at radius 2 is 2.45 bits per heavy atom. The van der Waals surface area contributed by atoms with E-state index in [-0.39, 0.29) is 18.4 Å². The molecule has 20 heavy (non-hydrogen) atoms. The number of anilines is 1. The molecule has 5 nitrogen and oxygen atoms in total. The van der Waals surface area contributed by atoms with Crippen LogP contribution in [0.25, 0.3) is 0 Å². The smallest absolute Gasteiger partial charge is 0.242 e. The minimum Gasteiger partial charge on any atom is -0.309 e. The molecule has 6 heteroatoms. The van der Waals surface area contributed by atoms with Crippen LogP contribution >= 0.6 is 15.9 Å². The van der Waals surface area contributed by atoms with Crippen LogP contribution in [0.2, 0.25) is 0 Å². The molecule has 0 radical (unpaired) electrons. The third-order valence-corrected chi connectivity index (χ3v) is 4.64. The van der Waals surface area contributed by atoms with Gasteiger partial charge < -0.3 is 10.6 Å². The first-order chi connectivity index (χ1) is 9.51. The van der Waals surface area contributed by atoms with Crippen LogP contribution < -0.4 is 10.6 Å². The number of carbonyl (C=O) groups is 1. The molecule has 0 spiro atoms. The lowest BCUT2D eigenvalue weighted by Gasteiger charge is -2.15. The molecule has 1 saturated carbocycles. The summed E-state index contributed by atoms with van der Waals surface area (Å²) < 4.78 is 0.642. The Morgan fingerprint density at radius 1 is 1.65 bits per heavy atom. The van der Waals surface area contributed by atoms with Crippen molar-refractivity contribution in [3.63, 3.8) is 0 Å². The minimum atomic E-state index is -0.158. The molecular weight excluding hydrogens is 320 g/mol. The summed E-state index contributed by atoms with van der Waals surface area (Å²) >= 11 is 3.29. The number of amides is 1. The van der Waals surface area contributed by atoms with Gasteiger partial charge in [0, 0.05) is 11.6 Å². The molecule has 2 N–H and O–H groups in total. The van der Waals surface area contributed by atoms with Crippen molar-refractivity contribution in [1.82, 2.24) is 10.3 Å². The highest BCUT2D eigenvalue weighted by atomic mass is 79.9. The standard InChI is InChI=1S/C14H15BrN4O/c1-14-6-9(17-10(14)7-14)13(20)19-12-8(4-5-16)2-3-11(15)18-12/h2-3,9-10,17H,4,6-7H2,1H3,(H,18,19,20)/t9-,10+,14-/m0/s1. The molecule has 1 saturated heterocycles. The zero-order chi connectivity index (χ0) is 14.3. The molecule has 3 rings (SSSR count). The quantitative estimate of drug-likeness (QED) is 0.828. The number of aromatic nitrogens is 1. The normalized spacial score (nSPS) is 30.4. The first-order valence-corrected chi connectivity index (χ1v) is 7.40. The summed E-state index contributed by atoms with van der Waals surface area (Å²) in [5, 5.41) is 15.0. The Kier molecular flexibility index (Phi) is 3.27. The number of nitriles is 1. The lowest BCUT2D eigenvalue weighted by molar-refractivity contribution is -0.118. The SMILES string of the molecule is C[C@@]12C[C@@H](C(=O)Nc3nc(Br)ccc3CC#N)N[C@@H]1C2. The molecule has 0 unspecified atom stereocenters. The number of nitrogens with zero attached hydrogens (tertiary/aromatic N) is 2. The summed E-state index contributed by atoms with van der Waals surface area (Å²) in [5.41, 5.74) is 1.03. The van der Waals surface area contributed by atoms with E-state index in [4.69, 9.17) is 5.26 Å². The number of hydrogen-bond acceptors (Lipinski definition) is 4. The van der Waals surface area contributed by atoms with Crippen LogP contribution in [0.15, 0.2) is 16.7 Å². The fourth-order valence-corrected chi connectivity index (χ4v) is 3.14. The first-order valence-electron chi connectivity index (χ1n) is 6.61. The first kappa shape index (κ1) is 13.5. The van der Waals surface area contributed by atoms with Crippen LogP contribution in [0.1, 0.15) is 25.3 Å². The molecule has 2 aliphatic rings. The molecule has 104 valence electrons. The number of carbonyl (C=O) groups excluding carboxylic acids is 1. The fraction of sp³-hybridized carbons (Fsp3) is 0.500. The van der Waals surface area contributed by atoms with E-state index in [2.05, 4.69) is 44.5 Å². The second kappa shape index (κ2) is 4.83. The van der Waals surface area contributed by atoms with Crippen molar-refractivity contribution in [2.45, 2.75) is 38.3 Å². The molecule has 2 fully saturated rings. The van der Waals surface area contributed by atoms with Crippen molar-refractivity contribution < 1.29 is 4.79 Å². The zero-order valence-electron chi connectivity index (χ0n) is 11.1. The highest BCUT2D eigenvalue weighted by Gasteiger charge is 2.58. The molecule has 3 atom stereocenters. The van der Waals surface area contributed by atoms with Gasteiger partial charge in [0.1, 0.15) is 10.4 Å². The Hall–Kier alpha value is -1.45. The minimum absolute atomic E-state index is 0.0665. The summed E-state index contributed by atoms with van der Waals surface area (Å²) in [7, 11) is 0. The summed E-state index contributed by atoms with van der Waals surface area (Å²) in [6.07, 6.45) is 2.25. The Balaban J connectivity index is 1.73. The van der Waals surface area contributed by atoms with Crippen molar-refractivity contribution >= 4 is 27.7 Å². The number of pyridine rings is 1. The van der Waals surface area contributed by atoms with Crippen LogP contribution in [-0.4, -0.2) is 23.0 Å². The van der Waals surface area contributed by atoms with E-state index in [1.54, 1.807) is 12.1 Å². The highest BCUT2D eigenvalue weighted by molar-refractivity contribution is 9.10. The highest BCUT2D eigenvalue weighted by Crippen LogP contribution is 2.53. The van der Waals surface area contributed by atoms with Gasteiger partial charge in [-0.15, -0.1) is 0 Å². The number of nitrogens with one attached hydrogen (secondary N) is 2. The van der Waals surface area contributed by atoms with E-state index in [0.717, 1.165) is 18.4 Å². The largest absolute Gasteiger partial charge is 0.309 e. The maximum Gasteiger partial charge on any atom is 0.242 e. The zero-order valence-corrected chi connectivity index (χ0v) is 12.7. The predicted molar refractivity (Wildman–Crippen MR) is 77.9 cm³/mol. The number of fused-ring (bicyclic) bond motifs is 1. The van der Waals surface area contributed by atoms with E-state index in [9.17, 15) is 4.79 Å². The number of piperidine rings is 1. The Morgan fingerprint density at radius 3 is 3.10 bits per heavy atom. The third-order valence-electron chi connectivity index (χ3n) is 4.20. The van der Waals surface area contributed by atoms with Gasteiger partial charge in [0.15, 0.2) is 0 Å². The van der Waals surface area contributed by atoms with Gasteiger partial charge in [-0.1, -0.05) is 13.0 Å². The topological polar surface area (TPSA) is 77.8 Å². The van der Waals surface area contributed by atoms with Crippen molar-refractivity contribution in [1.29, 1.82) is 5.26 Å². The van der Waals surface area contributed by atoms with Gasteiger partial charge >= 0.3 is 0 Å².